The molecule has 2 aliphatic rings. The molecule has 1 aromatic rings. The van der Waals surface area contributed by atoms with Gasteiger partial charge in [-0.25, -0.2) is 0 Å². The van der Waals surface area contributed by atoms with Gasteiger partial charge in [-0.15, -0.1) is 0 Å². The first-order valence-electron chi connectivity index (χ1n) is 7.10. The average molecular weight is 292 g/mol. The van der Waals surface area contributed by atoms with E-state index in [1.807, 2.05) is 23.9 Å². The Morgan fingerprint density at radius 1 is 1.55 bits per heavy atom. The lowest BCUT2D eigenvalue weighted by Gasteiger charge is -2.21. The van der Waals surface area contributed by atoms with Gasteiger partial charge in [-0.05, 0) is 55.0 Å². The van der Waals surface area contributed by atoms with Gasteiger partial charge in [-0.3, -0.25) is 4.79 Å². The van der Waals surface area contributed by atoms with Crippen LogP contribution in [0.5, 0.6) is 5.75 Å². The molecule has 0 aromatic heterocycles. The highest BCUT2D eigenvalue weighted by atomic mass is 32.2. The molecule has 108 valence electrons. The average Bonchev–Trinajstić information content (AvgIpc) is 2.97. The first kappa shape index (κ1) is 13.8. The summed E-state index contributed by atoms with van der Waals surface area (Å²) < 4.78 is 5.38. The fourth-order valence-corrected chi connectivity index (χ4v) is 3.86. The zero-order chi connectivity index (χ0) is 13.9. The number of rotatable bonds is 4. The zero-order valence-corrected chi connectivity index (χ0v) is 12.5. The third-order valence-corrected chi connectivity index (χ3v) is 5.10. The number of benzene rings is 1. The second-order valence-corrected chi connectivity index (χ2v) is 6.60. The molecule has 0 aliphatic carbocycles. The van der Waals surface area contributed by atoms with E-state index in [9.17, 15) is 4.79 Å². The zero-order valence-electron chi connectivity index (χ0n) is 11.6. The molecule has 5 heteroatoms. The van der Waals surface area contributed by atoms with Crippen molar-refractivity contribution in [3.63, 3.8) is 0 Å². The van der Waals surface area contributed by atoms with Gasteiger partial charge in [-0.1, -0.05) is 6.07 Å². The first-order chi connectivity index (χ1) is 9.72. The molecule has 2 atom stereocenters. The number of hydrogen-bond donors (Lipinski definition) is 2. The highest BCUT2D eigenvalue weighted by molar-refractivity contribution is 7.99. The monoisotopic (exact) mass is 292 g/mol. The number of amides is 1. The Morgan fingerprint density at radius 3 is 3.25 bits per heavy atom. The molecule has 1 amide bonds. The second kappa shape index (κ2) is 6.06. The summed E-state index contributed by atoms with van der Waals surface area (Å²) in [6.45, 7) is 3.34. The summed E-state index contributed by atoms with van der Waals surface area (Å²) in [5, 5.41) is 6.45. The first-order valence-corrected chi connectivity index (χ1v) is 8.25. The molecular weight excluding hydrogens is 272 g/mol. The third kappa shape index (κ3) is 3.10. The van der Waals surface area contributed by atoms with Crippen molar-refractivity contribution in [2.75, 3.05) is 30.0 Å². The van der Waals surface area contributed by atoms with Crippen molar-refractivity contribution in [1.82, 2.24) is 5.32 Å². The van der Waals surface area contributed by atoms with Crippen LogP contribution in [0.3, 0.4) is 0 Å². The van der Waals surface area contributed by atoms with Gasteiger partial charge in [0.25, 0.3) is 5.91 Å². The lowest BCUT2D eigenvalue weighted by atomic mass is 10.0. The molecule has 1 aromatic carbocycles. The number of ether oxygens (including phenoxy) is 1. The fraction of sp³-hybridized carbons (Fsp3) is 0.533. The van der Waals surface area contributed by atoms with Gasteiger partial charge in [0.15, 0.2) is 6.61 Å². The summed E-state index contributed by atoms with van der Waals surface area (Å²) >= 11 is 2.04. The predicted molar refractivity (Wildman–Crippen MR) is 82.4 cm³/mol. The minimum Gasteiger partial charge on any atom is -0.482 e. The Labute approximate surface area is 123 Å². The van der Waals surface area contributed by atoms with Crippen LogP contribution in [0.4, 0.5) is 5.69 Å². The maximum Gasteiger partial charge on any atom is 0.262 e. The van der Waals surface area contributed by atoms with E-state index in [1.54, 1.807) is 0 Å². The Balaban J connectivity index is 1.63. The summed E-state index contributed by atoms with van der Waals surface area (Å²) in [6.07, 6.45) is 1.32. The van der Waals surface area contributed by atoms with Crippen LogP contribution in [-0.2, 0) is 4.79 Å². The van der Waals surface area contributed by atoms with Crippen molar-refractivity contribution in [3.8, 4) is 5.75 Å². The van der Waals surface area contributed by atoms with Crippen LogP contribution >= 0.6 is 11.8 Å². The van der Waals surface area contributed by atoms with Crippen molar-refractivity contribution in [3.05, 3.63) is 23.8 Å². The van der Waals surface area contributed by atoms with E-state index in [1.165, 1.54) is 23.5 Å². The van der Waals surface area contributed by atoms with Crippen LogP contribution < -0.4 is 15.4 Å². The molecule has 0 bridgehead atoms. The summed E-state index contributed by atoms with van der Waals surface area (Å²) in [5.74, 6) is 4.03. The van der Waals surface area contributed by atoms with E-state index in [4.69, 9.17) is 4.74 Å². The van der Waals surface area contributed by atoms with Crippen LogP contribution in [0.1, 0.15) is 24.9 Å². The fourth-order valence-electron chi connectivity index (χ4n) is 2.58. The van der Waals surface area contributed by atoms with E-state index in [0.29, 0.717) is 0 Å². The summed E-state index contributed by atoms with van der Waals surface area (Å²) in [7, 11) is 0. The molecule has 2 unspecified atom stereocenters. The van der Waals surface area contributed by atoms with Crippen LogP contribution in [0, 0.1) is 5.92 Å². The lowest BCUT2D eigenvalue weighted by Crippen LogP contribution is -2.27. The molecule has 4 nitrogen and oxygen atoms in total. The van der Waals surface area contributed by atoms with Crippen molar-refractivity contribution < 1.29 is 9.53 Å². The Bertz CT molecular complexity index is 501. The minimum atomic E-state index is -0.0850. The third-order valence-electron chi connectivity index (χ3n) is 3.87. The van der Waals surface area contributed by atoms with Gasteiger partial charge in [0.2, 0.25) is 0 Å². The lowest BCUT2D eigenvalue weighted by molar-refractivity contribution is -0.118. The number of carbonyl (C=O) groups excluding carboxylic acids is 1. The molecule has 1 fully saturated rings. The van der Waals surface area contributed by atoms with Gasteiger partial charge >= 0.3 is 0 Å². The number of anilines is 1. The molecule has 3 rings (SSSR count). The molecule has 1 saturated heterocycles. The summed E-state index contributed by atoms with van der Waals surface area (Å²) in [4.78, 5) is 11.4. The Hall–Kier alpha value is -1.20. The Morgan fingerprint density at radius 2 is 2.45 bits per heavy atom. The SMILES string of the molecule is CC(NCC1CCSC1)c1ccc2c(c1)NC(=O)CO2. The standard InChI is InChI=1S/C15H20N2O2S/c1-10(16-7-11-4-5-20-9-11)12-2-3-14-13(6-12)17-15(18)8-19-14/h2-3,6,10-11,16H,4-5,7-9H2,1H3,(H,17,18). The number of thioether (sulfide) groups is 1. The molecule has 2 aliphatic heterocycles. The number of carbonyl (C=O) groups is 1. The number of hydrogen-bond acceptors (Lipinski definition) is 4. The molecule has 2 N–H and O–H groups in total. The maximum atomic E-state index is 11.4. The highest BCUT2D eigenvalue weighted by Crippen LogP contribution is 2.30. The molecule has 20 heavy (non-hydrogen) atoms. The van der Waals surface area contributed by atoms with Crippen molar-refractivity contribution >= 4 is 23.4 Å². The van der Waals surface area contributed by atoms with Crippen LogP contribution in [-0.4, -0.2) is 30.6 Å². The summed E-state index contributed by atoms with van der Waals surface area (Å²) in [6, 6.07) is 6.29. The number of fused-ring (bicyclic) bond motifs is 1. The smallest absolute Gasteiger partial charge is 0.262 e. The van der Waals surface area contributed by atoms with Crippen molar-refractivity contribution in [2.24, 2.45) is 5.92 Å². The van der Waals surface area contributed by atoms with Gasteiger partial charge in [0.1, 0.15) is 5.75 Å². The maximum absolute atomic E-state index is 11.4. The second-order valence-electron chi connectivity index (χ2n) is 5.45. The van der Waals surface area contributed by atoms with Gasteiger partial charge in [0, 0.05) is 6.04 Å². The van der Waals surface area contributed by atoms with Crippen molar-refractivity contribution in [1.29, 1.82) is 0 Å². The summed E-state index contributed by atoms with van der Waals surface area (Å²) in [5.41, 5.74) is 1.96. The van der Waals surface area contributed by atoms with Crippen LogP contribution in [0.2, 0.25) is 0 Å². The van der Waals surface area contributed by atoms with E-state index in [0.717, 1.165) is 23.9 Å². The molecule has 2 heterocycles. The highest BCUT2D eigenvalue weighted by Gasteiger charge is 2.19. The minimum absolute atomic E-state index is 0.0850. The topological polar surface area (TPSA) is 50.4 Å². The van der Waals surface area contributed by atoms with Gasteiger partial charge in [0.05, 0.1) is 5.69 Å². The quantitative estimate of drug-likeness (QED) is 0.895. The molecule has 0 radical (unpaired) electrons. The normalized spacial score (nSPS) is 22.9. The van der Waals surface area contributed by atoms with E-state index >= 15 is 0 Å². The van der Waals surface area contributed by atoms with Gasteiger partial charge in [-0.2, -0.15) is 11.8 Å². The van der Waals surface area contributed by atoms with Crippen molar-refractivity contribution in [2.45, 2.75) is 19.4 Å². The van der Waals surface area contributed by atoms with E-state index < -0.39 is 0 Å². The largest absolute Gasteiger partial charge is 0.482 e. The van der Waals surface area contributed by atoms with E-state index in [2.05, 4.69) is 23.6 Å². The predicted octanol–water partition coefficient (Wildman–Crippen LogP) is 2.42. The molecule has 0 spiro atoms. The Kier molecular flexibility index (Phi) is 4.17. The van der Waals surface area contributed by atoms with Crippen LogP contribution in [0.15, 0.2) is 18.2 Å². The molecule has 0 saturated carbocycles. The van der Waals surface area contributed by atoms with Gasteiger partial charge < -0.3 is 15.4 Å². The number of nitrogens with one attached hydrogen (secondary N) is 2. The van der Waals surface area contributed by atoms with Crippen LogP contribution in [0.25, 0.3) is 0 Å². The van der Waals surface area contributed by atoms with E-state index in [-0.39, 0.29) is 18.6 Å². The molecular formula is C15H20N2O2S.